The predicted molar refractivity (Wildman–Crippen MR) is 153 cm³/mol. The van der Waals surface area contributed by atoms with Crippen molar-refractivity contribution in [2.45, 2.75) is 50.0 Å². The first-order chi connectivity index (χ1) is 18.7. The second-order valence-electron chi connectivity index (χ2n) is 8.67. The number of carbonyl (C=O) groups is 4. The first kappa shape index (κ1) is 28.8. The standard InChI is InChI=1S/C28H29NO7S3/c1-6-35-26(32)19-14(3)21(27(33)36-7-2)38-24(19)29-23(30)15(4)37-28-20(25(31)34-5)18-13-12-16-10-8-9-11-17(16)22(18)39-28/h8-11,15H,6-7,12-13H2,1-5H3,(H,29,30). The monoisotopic (exact) mass is 587 g/mol. The SMILES string of the molecule is CCOC(=O)c1sc(NC(=O)C(C)Sc2sc3c(c2C(=O)OC)CCc2ccccc2-3)c(C(=O)OCC)c1C. The summed E-state index contributed by atoms with van der Waals surface area (Å²) in [5.74, 6) is -2.01. The zero-order chi connectivity index (χ0) is 28.3. The van der Waals surface area contributed by atoms with Gasteiger partial charge in [0.2, 0.25) is 5.91 Å². The maximum absolute atomic E-state index is 13.4. The quantitative estimate of drug-likeness (QED) is 0.181. The molecule has 3 aromatic rings. The Morgan fingerprint density at radius 3 is 2.36 bits per heavy atom. The Morgan fingerprint density at radius 1 is 0.974 bits per heavy atom. The molecule has 0 bridgehead atoms. The van der Waals surface area contributed by atoms with Crippen molar-refractivity contribution in [1.29, 1.82) is 0 Å². The smallest absolute Gasteiger partial charge is 0.348 e. The van der Waals surface area contributed by atoms with Gasteiger partial charge in [0.05, 0.1) is 40.9 Å². The number of carbonyl (C=O) groups excluding carboxylic acids is 4. The number of esters is 3. The predicted octanol–water partition coefficient (Wildman–Crippen LogP) is 6.14. The van der Waals surface area contributed by atoms with E-state index in [1.165, 1.54) is 35.8 Å². The van der Waals surface area contributed by atoms with Crippen LogP contribution >= 0.6 is 34.4 Å². The summed E-state index contributed by atoms with van der Waals surface area (Å²) in [5.41, 5.74) is 4.29. The molecule has 0 fully saturated rings. The van der Waals surface area contributed by atoms with Gasteiger partial charge >= 0.3 is 17.9 Å². The Bertz CT molecular complexity index is 1440. The van der Waals surface area contributed by atoms with Crippen molar-refractivity contribution in [3.05, 3.63) is 57.0 Å². The molecule has 1 aliphatic carbocycles. The van der Waals surface area contributed by atoms with Crippen molar-refractivity contribution in [3.8, 4) is 10.4 Å². The van der Waals surface area contributed by atoms with Crippen LogP contribution in [0.2, 0.25) is 0 Å². The van der Waals surface area contributed by atoms with E-state index in [4.69, 9.17) is 14.2 Å². The fraction of sp³-hybridized carbons (Fsp3) is 0.357. The lowest BCUT2D eigenvalue weighted by molar-refractivity contribution is -0.115. The molecule has 1 N–H and O–H groups in total. The summed E-state index contributed by atoms with van der Waals surface area (Å²) in [4.78, 5) is 52.6. The van der Waals surface area contributed by atoms with E-state index in [1.54, 1.807) is 27.7 Å². The van der Waals surface area contributed by atoms with Crippen molar-refractivity contribution < 1.29 is 33.4 Å². The molecule has 2 heterocycles. The molecule has 1 aromatic carbocycles. The van der Waals surface area contributed by atoms with E-state index in [0.29, 0.717) is 21.8 Å². The van der Waals surface area contributed by atoms with E-state index >= 15 is 0 Å². The molecule has 0 saturated carbocycles. The number of hydrogen-bond donors (Lipinski definition) is 1. The normalized spacial score (nSPS) is 12.6. The highest BCUT2D eigenvalue weighted by molar-refractivity contribution is 8.02. The van der Waals surface area contributed by atoms with Crippen molar-refractivity contribution in [2.24, 2.45) is 0 Å². The molecule has 0 aliphatic heterocycles. The van der Waals surface area contributed by atoms with E-state index in [2.05, 4.69) is 11.4 Å². The van der Waals surface area contributed by atoms with Gasteiger partial charge in [0.15, 0.2) is 0 Å². The molecule has 0 radical (unpaired) electrons. The third-order valence-corrected chi connectivity index (χ3v) is 10.0. The number of rotatable bonds is 9. The average Bonchev–Trinajstić information content (AvgIpc) is 3.45. The topological polar surface area (TPSA) is 108 Å². The summed E-state index contributed by atoms with van der Waals surface area (Å²) in [7, 11) is 1.35. The molecule has 4 rings (SSSR count). The Morgan fingerprint density at radius 2 is 1.67 bits per heavy atom. The number of benzene rings is 1. The van der Waals surface area contributed by atoms with E-state index in [0.717, 1.165) is 33.8 Å². The molecule has 1 unspecified atom stereocenters. The van der Waals surface area contributed by atoms with Crippen molar-refractivity contribution in [1.82, 2.24) is 0 Å². The second-order valence-corrected chi connectivity index (χ2v) is 12.3. The first-order valence-electron chi connectivity index (χ1n) is 12.5. The Balaban J connectivity index is 1.64. The van der Waals surface area contributed by atoms with Gasteiger partial charge in [-0.15, -0.1) is 34.4 Å². The summed E-state index contributed by atoms with van der Waals surface area (Å²) < 4.78 is 16.1. The van der Waals surface area contributed by atoms with Gasteiger partial charge in [-0.3, -0.25) is 4.79 Å². The van der Waals surface area contributed by atoms with Crippen LogP contribution in [0.15, 0.2) is 28.5 Å². The highest BCUT2D eigenvalue weighted by Gasteiger charge is 2.32. The minimum atomic E-state index is -0.632. The van der Waals surface area contributed by atoms with Crippen LogP contribution in [0.4, 0.5) is 5.00 Å². The number of amides is 1. The van der Waals surface area contributed by atoms with E-state index in [1.807, 2.05) is 18.2 Å². The van der Waals surface area contributed by atoms with Crippen LogP contribution in [-0.2, 0) is 31.8 Å². The summed E-state index contributed by atoms with van der Waals surface area (Å²) in [5, 5.41) is 2.40. The Kier molecular flexibility index (Phi) is 9.14. The van der Waals surface area contributed by atoms with Gasteiger partial charge in [0.1, 0.15) is 9.88 Å². The van der Waals surface area contributed by atoms with Gasteiger partial charge in [-0.05, 0) is 62.8 Å². The van der Waals surface area contributed by atoms with Crippen LogP contribution in [0.25, 0.3) is 10.4 Å². The summed E-state index contributed by atoms with van der Waals surface area (Å²) in [6, 6.07) is 8.12. The van der Waals surface area contributed by atoms with Crippen LogP contribution in [-0.4, -0.2) is 49.4 Å². The molecule has 2 aromatic heterocycles. The summed E-state index contributed by atoms with van der Waals surface area (Å²) in [6.07, 6.45) is 1.53. The average molecular weight is 588 g/mol. The fourth-order valence-corrected chi connectivity index (χ4v) is 8.29. The summed E-state index contributed by atoms with van der Waals surface area (Å²) >= 11 is 3.72. The minimum Gasteiger partial charge on any atom is -0.465 e. The highest BCUT2D eigenvalue weighted by Crippen LogP contribution is 2.47. The van der Waals surface area contributed by atoms with Gasteiger partial charge in [-0.1, -0.05) is 24.3 Å². The fourth-order valence-electron chi connectivity index (χ4n) is 4.38. The molecule has 8 nitrogen and oxygen atoms in total. The number of ether oxygens (including phenoxy) is 3. The van der Waals surface area contributed by atoms with Crippen LogP contribution < -0.4 is 5.32 Å². The van der Waals surface area contributed by atoms with Gasteiger partial charge in [0.25, 0.3) is 0 Å². The third-order valence-electron chi connectivity index (χ3n) is 6.25. The number of hydrogen-bond acceptors (Lipinski definition) is 10. The van der Waals surface area contributed by atoms with Gasteiger partial charge in [0, 0.05) is 4.88 Å². The van der Waals surface area contributed by atoms with Gasteiger partial charge in [-0.25, -0.2) is 14.4 Å². The van der Waals surface area contributed by atoms with Crippen molar-refractivity contribution >= 4 is 63.3 Å². The van der Waals surface area contributed by atoms with Crippen molar-refractivity contribution in [2.75, 3.05) is 25.6 Å². The Hall–Kier alpha value is -3.15. The molecule has 11 heteroatoms. The van der Waals surface area contributed by atoms with E-state index in [-0.39, 0.29) is 34.6 Å². The lowest BCUT2D eigenvalue weighted by Gasteiger charge is -2.16. The second kappa shape index (κ2) is 12.4. The van der Waals surface area contributed by atoms with E-state index < -0.39 is 23.2 Å². The lowest BCUT2D eigenvalue weighted by atomic mass is 9.89. The maximum atomic E-state index is 13.4. The minimum absolute atomic E-state index is 0.133. The number of thioether (sulfide) groups is 1. The number of thiophene rings is 2. The molecular formula is C28H29NO7S3. The number of anilines is 1. The maximum Gasteiger partial charge on any atom is 0.348 e. The van der Waals surface area contributed by atoms with Gasteiger partial charge in [-0.2, -0.15) is 0 Å². The zero-order valence-corrected chi connectivity index (χ0v) is 24.7. The number of methoxy groups -OCH3 is 1. The zero-order valence-electron chi connectivity index (χ0n) is 22.3. The molecule has 206 valence electrons. The largest absolute Gasteiger partial charge is 0.465 e. The third kappa shape index (κ3) is 5.75. The van der Waals surface area contributed by atoms with Crippen LogP contribution in [0.1, 0.15) is 67.8 Å². The summed E-state index contributed by atoms with van der Waals surface area (Å²) in [6.45, 7) is 7.05. The molecule has 0 saturated heterocycles. The van der Waals surface area contributed by atoms with Crippen molar-refractivity contribution in [3.63, 3.8) is 0 Å². The van der Waals surface area contributed by atoms with Crippen LogP contribution in [0.5, 0.6) is 0 Å². The van der Waals surface area contributed by atoms with E-state index in [9.17, 15) is 19.2 Å². The highest BCUT2D eigenvalue weighted by atomic mass is 32.2. The first-order valence-corrected chi connectivity index (χ1v) is 15.0. The number of fused-ring (bicyclic) bond motifs is 3. The van der Waals surface area contributed by atoms with Crippen LogP contribution in [0, 0.1) is 6.92 Å². The van der Waals surface area contributed by atoms with Crippen LogP contribution in [0.3, 0.4) is 0 Å². The lowest BCUT2D eigenvalue weighted by Crippen LogP contribution is -2.23. The molecule has 1 atom stereocenters. The Labute approximate surface area is 239 Å². The molecule has 1 aliphatic rings. The van der Waals surface area contributed by atoms with Gasteiger partial charge < -0.3 is 19.5 Å². The molecule has 1 amide bonds. The molecule has 0 spiro atoms. The number of nitrogens with one attached hydrogen (secondary N) is 1. The molecular weight excluding hydrogens is 559 g/mol. The number of aryl methyl sites for hydroxylation is 1. The molecule has 39 heavy (non-hydrogen) atoms.